The van der Waals surface area contributed by atoms with Crippen molar-refractivity contribution >= 4 is 32.2 Å². The third-order valence-electron chi connectivity index (χ3n) is 5.49. The van der Waals surface area contributed by atoms with E-state index in [2.05, 4.69) is 17.1 Å². The number of piperidine rings is 1. The highest BCUT2D eigenvalue weighted by atomic mass is 32.1. The highest BCUT2D eigenvalue weighted by molar-refractivity contribution is 7.22. The van der Waals surface area contributed by atoms with Crippen molar-refractivity contribution in [1.82, 2.24) is 4.98 Å². The van der Waals surface area contributed by atoms with Crippen LogP contribution in [-0.4, -0.2) is 23.0 Å². The maximum absolute atomic E-state index is 13.1. The molecule has 0 atom stereocenters. The maximum Gasteiger partial charge on any atom is 0.416 e. The van der Waals surface area contributed by atoms with Gasteiger partial charge in [0.05, 0.1) is 15.9 Å². The first-order valence-corrected chi connectivity index (χ1v) is 10.5. The van der Waals surface area contributed by atoms with Gasteiger partial charge in [0, 0.05) is 19.2 Å². The minimum Gasteiger partial charge on any atom is -0.348 e. The van der Waals surface area contributed by atoms with E-state index in [1.807, 2.05) is 24.0 Å². The van der Waals surface area contributed by atoms with Gasteiger partial charge in [-0.2, -0.15) is 18.2 Å². The first-order chi connectivity index (χ1) is 14.6. The van der Waals surface area contributed by atoms with Gasteiger partial charge in [-0.05, 0) is 37.3 Å². The van der Waals surface area contributed by atoms with Crippen LogP contribution in [0.4, 0.5) is 24.0 Å². The molecule has 0 radical (unpaired) electrons. The Morgan fingerprint density at radius 2 is 1.90 bits per heavy atom. The molecule has 2 heterocycles. The number of non-ortho nitro benzene ring substituents is 1. The molecular formula is C21H18F3N3O3S. The topological polar surface area (TPSA) is 76.3 Å². The number of fused-ring (bicyclic) bond motifs is 1. The standard InChI is InChI=1S/C21H18F3N3O3S/c1-12-3-2-4-14(9-12)13-5-7-26(8-6-13)20-25-19(28)16-10-15(21(22,23)24)11-17(27(29)30)18(16)31-20/h2-4,9-11,13H,5-8H2,1H3. The van der Waals surface area contributed by atoms with Crippen LogP contribution >= 0.6 is 11.3 Å². The van der Waals surface area contributed by atoms with Gasteiger partial charge in [0.25, 0.3) is 11.2 Å². The largest absolute Gasteiger partial charge is 0.416 e. The van der Waals surface area contributed by atoms with Crippen molar-refractivity contribution in [3.63, 3.8) is 0 Å². The molecule has 0 spiro atoms. The number of nitro benzene ring substituents is 1. The molecule has 1 aliphatic heterocycles. The van der Waals surface area contributed by atoms with Crippen LogP contribution in [0.15, 0.2) is 41.2 Å². The van der Waals surface area contributed by atoms with E-state index >= 15 is 0 Å². The predicted molar refractivity (Wildman–Crippen MR) is 113 cm³/mol. The Hall–Kier alpha value is -3.01. The summed E-state index contributed by atoms with van der Waals surface area (Å²) in [4.78, 5) is 28.9. The zero-order chi connectivity index (χ0) is 22.3. The molecule has 1 saturated heterocycles. The Morgan fingerprint density at radius 1 is 1.19 bits per heavy atom. The van der Waals surface area contributed by atoms with Crippen LogP contribution in [0.1, 0.15) is 35.4 Å². The Morgan fingerprint density at radius 3 is 2.52 bits per heavy atom. The molecule has 4 rings (SSSR count). The fourth-order valence-corrected chi connectivity index (χ4v) is 5.02. The lowest BCUT2D eigenvalue weighted by molar-refractivity contribution is -0.383. The van der Waals surface area contributed by atoms with Crippen LogP contribution in [0.3, 0.4) is 0 Å². The fraction of sp³-hybridized carbons (Fsp3) is 0.333. The number of halogens is 3. The molecule has 31 heavy (non-hydrogen) atoms. The molecule has 162 valence electrons. The molecule has 0 N–H and O–H groups in total. The third kappa shape index (κ3) is 4.25. The molecule has 0 unspecified atom stereocenters. The summed E-state index contributed by atoms with van der Waals surface area (Å²) in [5.41, 5.74) is -0.428. The average molecular weight is 449 g/mol. The zero-order valence-electron chi connectivity index (χ0n) is 16.5. The van der Waals surface area contributed by atoms with Crippen LogP contribution in [0, 0.1) is 17.0 Å². The predicted octanol–water partition coefficient (Wildman–Crippen LogP) is 5.28. The second-order valence-electron chi connectivity index (χ2n) is 7.60. The van der Waals surface area contributed by atoms with E-state index in [9.17, 15) is 28.1 Å². The molecule has 1 aliphatic rings. The summed E-state index contributed by atoms with van der Waals surface area (Å²) in [6.07, 6.45) is -3.16. The summed E-state index contributed by atoms with van der Waals surface area (Å²) >= 11 is 0.887. The number of nitrogens with zero attached hydrogens (tertiary/aromatic N) is 3. The second-order valence-corrected chi connectivity index (χ2v) is 8.58. The summed E-state index contributed by atoms with van der Waals surface area (Å²) < 4.78 is 39.2. The van der Waals surface area contributed by atoms with Crippen molar-refractivity contribution in [2.24, 2.45) is 0 Å². The molecule has 10 heteroatoms. The molecule has 6 nitrogen and oxygen atoms in total. The highest BCUT2D eigenvalue weighted by Crippen LogP contribution is 2.39. The fourth-order valence-electron chi connectivity index (χ4n) is 3.90. The van der Waals surface area contributed by atoms with Crippen LogP contribution in [0.25, 0.3) is 10.1 Å². The smallest absolute Gasteiger partial charge is 0.348 e. The third-order valence-corrected chi connectivity index (χ3v) is 6.66. The van der Waals surface area contributed by atoms with E-state index in [1.54, 1.807) is 0 Å². The lowest BCUT2D eigenvalue weighted by Crippen LogP contribution is -2.34. The number of rotatable bonds is 3. The molecule has 3 aromatic rings. The first-order valence-electron chi connectivity index (χ1n) is 9.65. The number of hydrogen-bond donors (Lipinski definition) is 0. The van der Waals surface area contributed by atoms with Crippen LogP contribution in [0.2, 0.25) is 0 Å². The number of aryl methyl sites for hydroxylation is 1. The van der Waals surface area contributed by atoms with Crippen molar-refractivity contribution in [3.05, 3.63) is 73.6 Å². The number of hydrogen-bond acceptors (Lipinski definition) is 6. The second kappa shape index (κ2) is 7.92. The SMILES string of the molecule is Cc1cccc(C2CCN(c3nc(=O)c4cc(C(F)(F)F)cc([N+](=O)[O-])c4s3)CC2)c1. The van der Waals surface area contributed by atoms with Gasteiger partial charge >= 0.3 is 6.18 Å². The Balaban J connectivity index is 1.67. The highest BCUT2D eigenvalue weighted by Gasteiger charge is 2.34. The van der Waals surface area contributed by atoms with Crippen LogP contribution in [0.5, 0.6) is 0 Å². The lowest BCUT2D eigenvalue weighted by atomic mass is 9.89. The molecule has 0 amide bonds. The first kappa shape index (κ1) is 21.2. The van der Waals surface area contributed by atoms with Gasteiger partial charge in [-0.15, -0.1) is 0 Å². The number of nitro groups is 1. The van der Waals surface area contributed by atoms with E-state index in [0.717, 1.165) is 24.2 Å². The molecule has 1 fully saturated rings. The van der Waals surface area contributed by atoms with Gasteiger partial charge in [-0.3, -0.25) is 14.9 Å². The zero-order valence-corrected chi connectivity index (χ0v) is 17.3. The molecule has 2 aromatic carbocycles. The van der Waals surface area contributed by atoms with Crippen LogP contribution in [-0.2, 0) is 6.18 Å². The van der Waals surface area contributed by atoms with Gasteiger partial charge in [-0.1, -0.05) is 41.2 Å². The van der Waals surface area contributed by atoms with Gasteiger partial charge in [0.2, 0.25) is 0 Å². The van der Waals surface area contributed by atoms with E-state index in [-0.39, 0.29) is 10.1 Å². The summed E-state index contributed by atoms with van der Waals surface area (Å²) in [5, 5.41) is 11.3. The average Bonchev–Trinajstić information content (AvgIpc) is 2.72. The quantitative estimate of drug-likeness (QED) is 0.402. The van der Waals surface area contributed by atoms with Gasteiger partial charge in [0.15, 0.2) is 5.13 Å². The summed E-state index contributed by atoms with van der Waals surface area (Å²) in [6, 6.07) is 9.40. The van der Waals surface area contributed by atoms with Crippen molar-refractivity contribution in [2.45, 2.75) is 31.9 Å². The number of aromatic nitrogens is 1. The lowest BCUT2D eigenvalue weighted by Gasteiger charge is -2.32. The molecule has 0 bridgehead atoms. The molecule has 0 aliphatic carbocycles. The van der Waals surface area contributed by atoms with Crippen LogP contribution < -0.4 is 10.5 Å². The normalized spacial score (nSPS) is 15.4. The molecule has 1 aromatic heterocycles. The maximum atomic E-state index is 13.1. The van der Waals surface area contributed by atoms with Crippen molar-refractivity contribution in [3.8, 4) is 0 Å². The number of alkyl halides is 3. The Labute approximate surface area is 179 Å². The summed E-state index contributed by atoms with van der Waals surface area (Å²) in [6.45, 7) is 3.23. The van der Waals surface area contributed by atoms with Crippen molar-refractivity contribution < 1.29 is 18.1 Å². The molecule has 0 saturated carbocycles. The Bertz CT molecular complexity index is 1220. The minimum atomic E-state index is -4.80. The van der Waals surface area contributed by atoms with Gasteiger partial charge < -0.3 is 4.90 Å². The summed E-state index contributed by atoms with van der Waals surface area (Å²) in [7, 11) is 0. The van der Waals surface area contributed by atoms with E-state index in [0.29, 0.717) is 36.3 Å². The number of benzene rings is 2. The van der Waals surface area contributed by atoms with E-state index < -0.39 is 27.9 Å². The van der Waals surface area contributed by atoms with Gasteiger partial charge in [0.1, 0.15) is 4.70 Å². The monoisotopic (exact) mass is 449 g/mol. The van der Waals surface area contributed by atoms with Gasteiger partial charge in [-0.25, -0.2) is 0 Å². The summed E-state index contributed by atoms with van der Waals surface area (Å²) in [5.74, 6) is 0.358. The van der Waals surface area contributed by atoms with Crippen molar-refractivity contribution in [2.75, 3.05) is 18.0 Å². The molecular weight excluding hydrogens is 431 g/mol. The van der Waals surface area contributed by atoms with Crippen molar-refractivity contribution in [1.29, 1.82) is 0 Å². The Kier molecular flexibility index (Phi) is 5.42. The van der Waals surface area contributed by atoms with E-state index in [4.69, 9.17) is 0 Å². The number of anilines is 1. The minimum absolute atomic E-state index is 0.0891. The van der Waals surface area contributed by atoms with E-state index in [1.165, 1.54) is 11.1 Å².